The number of esters is 4. The number of phosphoric acid groups is 1. The maximum atomic E-state index is 14.9. The summed E-state index contributed by atoms with van der Waals surface area (Å²) in [6.45, 7) is 7.96. The fourth-order valence-corrected chi connectivity index (χ4v) is 17.5. The quantitative estimate of drug-likeness (QED) is 0.00889. The first-order valence-corrected chi connectivity index (χ1v) is 50.8. The van der Waals surface area contributed by atoms with Gasteiger partial charge < -0.3 is 88.7 Å². The monoisotopic (exact) mass is 1750 g/mol. The van der Waals surface area contributed by atoms with Crippen molar-refractivity contribution >= 4 is 31.7 Å². The van der Waals surface area contributed by atoms with Crippen LogP contribution < -0.4 is 0 Å². The molecule has 0 bridgehead atoms. The van der Waals surface area contributed by atoms with Crippen LogP contribution in [0.2, 0.25) is 0 Å². The maximum absolute atomic E-state index is 14.9. The number of hydrogen-bond acceptors (Lipinski definition) is 24. The van der Waals surface area contributed by atoms with Gasteiger partial charge in [0, 0.05) is 25.7 Å². The number of carbonyl (C=O) groups is 4. The molecule has 19 unspecified atom stereocenters. The Labute approximate surface area is 731 Å². The van der Waals surface area contributed by atoms with Crippen LogP contribution in [0.1, 0.15) is 433 Å². The van der Waals surface area contributed by atoms with Crippen LogP contribution in [-0.4, -0.2) is 205 Å². The number of carbonyl (C=O) groups excluding carboxylic acids is 4. The van der Waals surface area contributed by atoms with Crippen LogP contribution >= 0.6 is 7.82 Å². The molecular weight excluding hydrogens is 1570 g/mol. The van der Waals surface area contributed by atoms with E-state index in [-0.39, 0.29) is 25.7 Å². The molecule has 712 valence electrons. The van der Waals surface area contributed by atoms with Crippen LogP contribution in [0.3, 0.4) is 0 Å². The standard InChI is InChI=1S/C95H177O25P/c1-6-10-14-18-22-25-28-31-34-37-40-43-46-49-56-63-69-81(100)117-90-86(105)87(106)91(118-94-88(107)84(103)82(101)76(70-96)115-94)93(92(90)119-95-89(108)85(104)83(102)77(116-95)73-112-79(98)67-61-55-48-45-42-39-36-33-30-27-24-20-16-12-8-3)120-121(109,110)113-72-75(71-111-78(97)66-60-54-47-44-41-38-35-32-29-26-23-19-15-11-7-2)114-80(99)68-62-57-51-50-53-59-65-74(5)64-58-52-21-17-13-9-4/h26,29,74-77,82-96,101-108H,6-25,27-28,30-73H2,1-5H3,(H,109,110)/b29-26-. The summed E-state index contributed by atoms with van der Waals surface area (Å²) in [6.07, 6.45) is 31.8. The molecule has 1 saturated carbocycles. The third-order valence-electron chi connectivity index (χ3n) is 24.4. The zero-order chi connectivity index (χ0) is 88.4. The van der Waals surface area contributed by atoms with E-state index in [9.17, 15) is 74.6 Å². The summed E-state index contributed by atoms with van der Waals surface area (Å²) < 4.78 is 73.6. The van der Waals surface area contributed by atoms with Gasteiger partial charge in [-0.2, -0.15) is 0 Å². The summed E-state index contributed by atoms with van der Waals surface area (Å²) in [5.74, 6) is -2.28. The van der Waals surface area contributed by atoms with Crippen molar-refractivity contribution in [1.29, 1.82) is 0 Å². The van der Waals surface area contributed by atoms with Crippen molar-refractivity contribution in [2.75, 3.05) is 26.4 Å². The lowest BCUT2D eigenvalue weighted by Gasteiger charge is -2.50. The van der Waals surface area contributed by atoms with E-state index in [0.717, 1.165) is 148 Å². The molecule has 25 nitrogen and oxygen atoms in total. The number of unbranched alkanes of at least 4 members (excludes halogenated alkanes) is 50. The van der Waals surface area contributed by atoms with Crippen molar-refractivity contribution in [1.82, 2.24) is 0 Å². The molecule has 3 aliphatic rings. The van der Waals surface area contributed by atoms with Gasteiger partial charge in [-0.3, -0.25) is 28.2 Å². The largest absolute Gasteiger partial charge is 0.472 e. The Balaban J connectivity index is 1.91. The first-order chi connectivity index (χ1) is 58.6. The third kappa shape index (κ3) is 53.1. The molecule has 19 atom stereocenters. The van der Waals surface area contributed by atoms with Gasteiger partial charge in [0.25, 0.3) is 0 Å². The first-order valence-electron chi connectivity index (χ1n) is 49.3. The molecule has 0 amide bonds. The van der Waals surface area contributed by atoms with Crippen molar-refractivity contribution in [3.8, 4) is 0 Å². The van der Waals surface area contributed by atoms with Crippen LogP contribution in [0.25, 0.3) is 0 Å². The smallest absolute Gasteiger partial charge is 0.463 e. The Bertz CT molecular complexity index is 2570. The second kappa shape index (κ2) is 73.0. The number of rotatable bonds is 80. The van der Waals surface area contributed by atoms with Crippen molar-refractivity contribution in [3.63, 3.8) is 0 Å². The predicted octanol–water partition coefficient (Wildman–Crippen LogP) is 19.0. The van der Waals surface area contributed by atoms with E-state index < -0.39 is 162 Å². The fourth-order valence-electron chi connectivity index (χ4n) is 16.5. The second-order valence-electron chi connectivity index (χ2n) is 35.6. The summed E-state index contributed by atoms with van der Waals surface area (Å²) in [6, 6.07) is 0. The Morgan fingerprint density at radius 1 is 0.347 bits per heavy atom. The van der Waals surface area contributed by atoms with Gasteiger partial charge in [0.15, 0.2) is 24.8 Å². The van der Waals surface area contributed by atoms with E-state index in [1.54, 1.807) is 0 Å². The van der Waals surface area contributed by atoms with Gasteiger partial charge in [0.2, 0.25) is 0 Å². The van der Waals surface area contributed by atoms with Crippen LogP contribution in [0.4, 0.5) is 0 Å². The van der Waals surface area contributed by atoms with Gasteiger partial charge >= 0.3 is 31.7 Å². The number of aliphatic hydroxyl groups is 9. The zero-order valence-corrected chi connectivity index (χ0v) is 77.2. The lowest BCUT2D eigenvalue weighted by atomic mass is 9.84. The highest BCUT2D eigenvalue weighted by Crippen LogP contribution is 2.49. The van der Waals surface area contributed by atoms with Gasteiger partial charge in [-0.05, 0) is 57.3 Å². The molecule has 0 aromatic rings. The van der Waals surface area contributed by atoms with E-state index in [0.29, 0.717) is 38.0 Å². The number of aliphatic hydroxyl groups excluding tert-OH is 9. The topological polar surface area (TPSA) is 380 Å². The number of hydrogen-bond donors (Lipinski definition) is 10. The number of ether oxygens (including phenoxy) is 8. The Morgan fingerprint density at radius 2 is 0.669 bits per heavy atom. The van der Waals surface area contributed by atoms with Crippen LogP contribution in [0.15, 0.2) is 12.2 Å². The molecule has 10 N–H and O–H groups in total. The van der Waals surface area contributed by atoms with Gasteiger partial charge in [0.1, 0.15) is 92.6 Å². The SMILES string of the molecule is CCCCCC/C=C\CCCCCCCCCC(=O)OCC(COP(=O)(O)OC1C(OC2OC(CO)C(O)C(O)C2O)C(O)C(O)C(OC(=O)CCCCCCCCCCCCCCCCCC)C1OC1OC(COC(=O)CCCCCCCCCCCCCCCCC)C(O)C(O)C1O)OC(=O)CCCCCCCCC(C)CCCCCCCC. The van der Waals surface area contributed by atoms with Crippen molar-refractivity contribution in [2.45, 2.75) is 537 Å². The minimum atomic E-state index is -5.81. The first kappa shape index (κ1) is 112. The van der Waals surface area contributed by atoms with E-state index >= 15 is 0 Å². The highest BCUT2D eigenvalue weighted by molar-refractivity contribution is 7.47. The third-order valence-corrected chi connectivity index (χ3v) is 25.4. The second-order valence-corrected chi connectivity index (χ2v) is 37.0. The summed E-state index contributed by atoms with van der Waals surface area (Å²) in [7, 11) is -5.81. The summed E-state index contributed by atoms with van der Waals surface area (Å²) in [5.41, 5.74) is 0. The lowest BCUT2D eigenvalue weighted by Crippen LogP contribution is -2.70. The average Bonchev–Trinajstić information content (AvgIpc) is 0.754. The van der Waals surface area contributed by atoms with E-state index in [1.165, 1.54) is 193 Å². The summed E-state index contributed by atoms with van der Waals surface area (Å²) in [5, 5.41) is 103. The molecule has 121 heavy (non-hydrogen) atoms. The van der Waals surface area contributed by atoms with Crippen molar-refractivity contribution < 1.29 is 122 Å². The molecule has 3 rings (SSSR count). The molecule has 0 aromatic carbocycles. The molecule has 2 heterocycles. The van der Waals surface area contributed by atoms with Crippen LogP contribution in [0, 0.1) is 5.92 Å². The molecule has 1 aliphatic carbocycles. The minimum absolute atomic E-state index is 0.0187. The predicted molar refractivity (Wildman–Crippen MR) is 472 cm³/mol. The molecule has 0 spiro atoms. The van der Waals surface area contributed by atoms with Gasteiger partial charge in [-0.15, -0.1) is 0 Å². The molecule has 2 saturated heterocycles. The molecule has 2 aliphatic heterocycles. The Morgan fingerprint density at radius 3 is 1.07 bits per heavy atom. The number of phosphoric ester groups is 1. The van der Waals surface area contributed by atoms with Crippen LogP contribution in [-0.2, 0) is 70.7 Å². The van der Waals surface area contributed by atoms with Crippen LogP contribution in [0.5, 0.6) is 0 Å². The molecular formula is C95H177O25P. The maximum Gasteiger partial charge on any atom is 0.472 e. The van der Waals surface area contributed by atoms with E-state index in [4.69, 9.17) is 46.9 Å². The molecule has 3 fully saturated rings. The van der Waals surface area contributed by atoms with E-state index in [2.05, 4.69) is 46.8 Å². The van der Waals surface area contributed by atoms with Gasteiger partial charge in [-0.25, -0.2) is 4.57 Å². The van der Waals surface area contributed by atoms with Gasteiger partial charge in [-0.1, -0.05) is 368 Å². The lowest BCUT2D eigenvalue weighted by molar-refractivity contribution is -0.360. The van der Waals surface area contributed by atoms with E-state index in [1.807, 2.05) is 0 Å². The molecule has 26 heteroatoms. The Hall–Kier alpha value is -2.79. The number of allylic oxidation sites excluding steroid dienone is 2. The molecule has 0 aromatic heterocycles. The van der Waals surface area contributed by atoms with Crippen molar-refractivity contribution in [3.05, 3.63) is 12.2 Å². The minimum Gasteiger partial charge on any atom is -0.463 e. The Kier molecular flexibility index (Phi) is 67.8. The highest BCUT2D eigenvalue weighted by Gasteiger charge is 2.60. The fraction of sp³-hybridized carbons (Fsp3) is 0.937. The highest BCUT2D eigenvalue weighted by atomic mass is 31.2. The summed E-state index contributed by atoms with van der Waals surface area (Å²) in [4.78, 5) is 66.7. The molecule has 0 radical (unpaired) electrons. The zero-order valence-electron chi connectivity index (χ0n) is 76.3. The normalized spacial score (nSPS) is 24.9. The van der Waals surface area contributed by atoms with Crippen molar-refractivity contribution in [2.24, 2.45) is 5.92 Å². The average molecular weight is 1750 g/mol. The summed E-state index contributed by atoms with van der Waals surface area (Å²) >= 11 is 0. The van der Waals surface area contributed by atoms with Gasteiger partial charge in [0.05, 0.1) is 13.2 Å².